The summed E-state index contributed by atoms with van der Waals surface area (Å²) in [7, 11) is 0. The zero-order chi connectivity index (χ0) is 16.1. The first-order valence-corrected chi connectivity index (χ1v) is 9.40. The highest BCUT2D eigenvalue weighted by atomic mass is 16.5. The normalized spacial score (nSPS) is 22.7. The highest BCUT2D eigenvalue weighted by Crippen LogP contribution is 2.33. The van der Waals surface area contributed by atoms with Gasteiger partial charge < -0.3 is 9.42 Å². The minimum absolute atomic E-state index is 0.00191. The van der Waals surface area contributed by atoms with Gasteiger partial charge in [0.25, 0.3) is 0 Å². The Morgan fingerprint density at radius 3 is 2.78 bits per heavy atom. The van der Waals surface area contributed by atoms with Crippen LogP contribution in [0, 0.1) is 5.92 Å². The van der Waals surface area contributed by atoms with Crippen LogP contribution in [-0.4, -0.2) is 27.5 Å². The number of aryl methyl sites for hydroxylation is 1. The van der Waals surface area contributed by atoms with Crippen LogP contribution in [0.5, 0.6) is 0 Å². The van der Waals surface area contributed by atoms with Gasteiger partial charge in [-0.25, -0.2) is 0 Å². The molecule has 1 aromatic heterocycles. The maximum absolute atomic E-state index is 12.7. The molecule has 3 rings (SSSR count). The van der Waals surface area contributed by atoms with E-state index in [4.69, 9.17) is 4.52 Å². The number of nitrogens with zero attached hydrogens (tertiary/aromatic N) is 3. The smallest absolute Gasteiger partial charge is 0.249 e. The molecular weight excluding hydrogens is 290 g/mol. The van der Waals surface area contributed by atoms with Crippen LogP contribution in [0.25, 0.3) is 0 Å². The fourth-order valence-electron chi connectivity index (χ4n) is 3.99. The Morgan fingerprint density at radius 2 is 2.00 bits per heavy atom. The molecule has 0 spiro atoms. The van der Waals surface area contributed by atoms with Crippen molar-refractivity contribution in [1.82, 2.24) is 15.0 Å². The monoisotopic (exact) mass is 319 g/mol. The second kappa shape index (κ2) is 7.93. The van der Waals surface area contributed by atoms with Crippen LogP contribution in [0.15, 0.2) is 4.52 Å². The topological polar surface area (TPSA) is 59.2 Å². The van der Waals surface area contributed by atoms with Gasteiger partial charge in [-0.3, -0.25) is 4.79 Å². The summed E-state index contributed by atoms with van der Waals surface area (Å²) < 4.78 is 5.46. The number of piperidine rings is 1. The van der Waals surface area contributed by atoms with E-state index in [2.05, 4.69) is 17.1 Å². The van der Waals surface area contributed by atoms with Crippen molar-refractivity contribution in [3.05, 3.63) is 11.7 Å². The number of hydrogen-bond donors (Lipinski definition) is 0. The van der Waals surface area contributed by atoms with Crippen molar-refractivity contribution in [2.75, 3.05) is 6.54 Å². The van der Waals surface area contributed by atoms with E-state index >= 15 is 0 Å². The molecule has 0 N–H and O–H groups in total. The average molecular weight is 319 g/mol. The lowest BCUT2D eigenvalue weighted by molar-refractivity contribution is -0.136. The Morgan fingerprint density at radius 1 is 1.22 bits per heavy atom. The van der Waals surface area contributed by atoms with Crippen molar-refractivity contribution in [1.29, 1.82) is 0 Å². The van der Waals surface area contributed by atoms with Gasteiger partial charge >= 0.3 is 0 Å². The lowest BCUT2D eigenvalue weighted by Crippen LogP contribution is -2.38. The van der Waals surface area contributed by atoms with Crippen LogP contribution in [0.2, 0.25) is 0 Å². The van der Waals surface area contributed by atoms with Gasteiger partial charge in [0.2, 0.25) is 11.8 Å². The van der Waals surface area contributed by atoms with Crippen molar-refractivity contribution in [2.24, 2.45) is 5.92 Å². The van der Waals surface area contributed by atoms with Crippen molar-refractivity contribution < 1.29 is 9.32 Å². The van der Waals surface area contributed by atoms with Crippen LogP contribution in [0.1, 0.15) is 88.9 Å². The molecule has 1 aliphatic heterocycles. The number of carbonyl (C=O) groups excluding carboxylic acids is 1. The highest BCUT2D eigenvalue weighted by molar-refractivity contribution is 5.76. The van der Waals surface area contributed by atoms with Crippen LogP contribution < -0.4 is 0 Å². The van der Waals surface area contributed by atoms with Gasteiger partial charge in [-0.2, -0.15) is 4.98 Å². The summed E-state index contributed by atoms with van der Waals surface area (Å²) in [6.07, 6.45) is 12.0. The summed E-state index contributed by atoms with van der Waals surface area (Å²) in [5.41, 5.74) is 0. The first kappa shape index (κ1) is 16.5. The number of aromatic nitrogens is 2. The molecule has 1 atom stereocenters. The molecule has 1 saturated carbocycles. The summed E-state index contributed by atoms with van der Waals surface area (Å²) in [6, 6.07) is -0.00191. The van der Waals surface area contributed by atoms with Crippen molar-refractivity contribution >= 4 is 5.91 Å². The third-order valence-electron chi connectivity index (χ3n) is 5.31. The van der Waals surface area contributed by atoms with Gasteiger partial charge in [-0.15, -0.1) is 0 Å². The summed E-state index contributed by atoms with van der Waals surface area (Å²) >= 11 is 0. The number of rotatable bonds is 6. The fourth-order valence-corrected chi connectivity index (χ4v) is 3.99. The standard InChI is InChI=1S/C18H29N3O2/c1-2-7-16-19-18(23-20-16)15-10-5-6-13-21(15)17(22)12-11-14-8-3-4-9-14/h14-15H,2-13H2,1H3. The van der Waals surface area contributed by atoms with E-state index in [-0.39, 0.29) is 11.9 Å². The number of hydrogen-bond acceptors (Lipinski definition) is 4. The first-order valence-electron chi connectivity index (χ1n) is 9.40. The average Bonchev–Trinajstić information content (AvgIpc) is 3.25. The van der Waals surface area contributed by atoms with Crippen molar-refractivity contribution in [3.63, 3.8) is 0 Å². The quantitative estimate of drug-likeness (QED) is 0.794. The molecule has 1 unspecified atom stereocenters. The van der Waals surface area contributed by atoms with Crippen molar-refractivity contribution in [2.45, 2.75) is 83.6 Å². The fraction of sp³-hybridized carbons (Fsp3) is 0.833. The van der Waals surface area contributed by atoms with Crippen LogP contribution in [0.3, 0.4) is 0 Å². The van der Waals surface area contributed by atoms with Crippen molar-refractivity contribution in [3.8, 4) is 0 Å². The molecule has 0 radical (unpaired) electrons. The molecule has 23 heavy (non-hydrogen) atoms. The summed E-state index contributed by atoms with van der Waals surface area (Å²) in [4.78, 5) is 19.2. The largest absolute Gasteiger partial charge is 0.337 e. The van der Waals surface area contributed by atoms with Gasteiger partial charge in [-0.05, 0) is 38.0 Å². The molecule has 128 valence electrons. The van der Waals surface area contributed by atoms with E-state index in [1.165, 1.54) is 25.7 Å². The van der Waals surface area contributed by atoms with Gasteiger partial charge in [0.15, 0.2) is 5.82 Å². The molecule has 5 nitrogen and oxygen atoms in total. The Kier molecular flexibility index (Phi) is 5.68. The Labute approximate surface area is 138 Å². The third-order valence-corrected chi connectivity index (χ3v) is 5.31. The lowest BCUT2D eigenvalue weighted by atomic mass is 9.98. The molecule has 1 amide bonds. The van der Waals surface area contributed by atoms with E-state index in [1.807, 2.05) is 4.90 Å². The van der Waals surface area contributed by atoms with E-state index in [1.54, 1.807) is 0 Å². The van der Waals surface area contributed by atoms with Crippen LogP contribution in [0.4, 0.5) is 0 Å². The van der Waals surface area contributed by atoms with Gasteiger partial charge in [0.05, 0.1) is 0 Å². The van der Waals surface area contributed by atoms with Gasteiger partial charge in [-0.1, -0.05) is 37.8 Å². The predicted octanol–water partition coefficient (Wildman–Crippen LogP) is 4.05. The molecular formula is C18H29N3O2. The van der Waals surface area contributed by atoms with Gasteiger partial charge in [0, 0.05) is 19.4 Å². The summed E-state index contributed by atoms with van der Waals surface area (Å²) in [6.45, 7) is 2.94. The minimum Gasteiger partial charge on any atom is -0.337 e. The molecule has 5 heteroatoms. The Hall–Kier alpha value is -1.39. The van der Waals surface area contributed by atoms with E-state index in [0.29, 0.717) is 12.3 Å². The lowest BCUT2D eigenvalue weighted by Gasteiger charge is -2.33. The number of amides is 1. The zero-order valence-electron chi connectivity index (χ0n) is 14.3. The summed E-state index contributed by atoms with van der Waals surface area (Å²) in [5, 5.41) is 4.06. The molecule has 2 aliphatic rings. The molecule has 2 heterocycles. The van der Waals surface area contributed by atoms with Gasteiger partial charge in [0.1, 0.15) is 6.04 Å². The molecule has 2 fully saturated rings. The second-order valence-electron chi connectivity index (χ2n) is 7.09. The second-order valence-corrected chi connectivity index (χ2v) is 7.09. The Bertz CT molecular complexity index is 508. The van der Waals surface area contributed by atoms with Crippen LogP contribution in [-0.2, 0) is 11.2 Å². The SMILES string of the molecule is CCCc1noc(C2CCCCN2C(=O)CCC2CCCC2)n1. The Balaban J connectivity index is 1.61. The summed E-state index contributed by atoms with van der Waals surface area (Å²) in [5.74, 6) is 2.45. The zero-order valence-corrected chi connectivity index (χ0v) is 14.3. The highest BCUT2D eigenvalue weighted by Gasteiger charge is 2.32. The molecule has 1 saturated heterocycles. The minimum atomic E-state index is -0.00191. The van der Waals surface area contributed by atoms with E-state index in [0.717, 1.165) is 56.8 Å². The maximum Gasteiger partial charge on any atom is 0.249 e. The molecule has 0 bridgehead atoms. The van der Waals surface area contributed by atoms with E-state index < -0.39 is 0 Å². The number of likely N-dealkylation sites (tertiary alicyclic amines) is 1. The van der Waals surface area contributed by atoms with Crippen LogP contribution >= 0.6 is 0 Å². The number of carbonyl (C=O) groups is 1. The maximum atomic E-state index is 12.7. The predicted molar refractivity (Wildman–Crippen MR) is 87.8 cm³/mol. The molecule has 1 aliphatic carbocycles. The first-order chi connectivity index (χ1) is 11.3. The molecule has 1 aromatic rings. The molecule has 0 aromatic carbocycles. The van der Waals surface area contributed by atoms with E-state index in [9.17, 15) is 4.79 Å². The third kappa shape index (κ3) is 4.12.